The van der Waals surface area contributed by atoms with E-state index in [9.17, 15) is 26.4 Å². The van der Waals surface area contributed by atoms with Crippen LogP contribution >= 0.6 is 0 Å². The van der Waals surface area contributed by atoms with Gasteiger partial charge in [-0.1, -0.05) is 18.2 Å². The number of sulfonamides is 1. The summed E-state index contributed by atoms with van der Waals surface area (Å²) in [6.07, 6.45) is 1.43. The molecule has 3 rings (SSSR count). The van der Waals surface area contributed by atoms with Gasteiger partial charge in [0.05, 0.1) is 22.4 Å². The first kappa shape index (κ1) is 22.2. The largest absolute Gasteiger partial charge is 0.307 e. The smallest absolute Gasteiger partial charge is 0.251 e. The third kappa shape index (κ3) is 4.63. The summed E-state index contributed by atoms with van der Waals surface area (Å²) in [4.78, 5) is 26.7. The van der Waals surface area contributed by atoms with Crippen LogP contribution in [-0.2, 0) is 31.2 Å². The molecule has 2 heterocycles. The SMILES string of the molecule is CN(C)S(=O)(=O)c1ccc(=O)n(CC(=O)N(c2ccccc2)[C@@H]2CCS(=O)(=O)C2)c1. The van der Waals surface area contributed by atoms with Gasteiger partial charge in [-0.05, 0) is 24.6 Å². The van der Waals surface area contributed by atoms with Gasteiger partial charge in [0.15, 0.2) is 9.84 Å². The monoisotopic (exact) mass is 453 g/mol. The average Bonchev–Trinajstić information content (AvgIpc) is 3.03. The maximum Gasteiger partial charge on any atom is 0.251 e. The maximum atomic E-state index is 13.2. The lowest BCUT2D eigenvalue weighted by atomic mass is 10.1. The van der Waals surface area contributed by atoms with Crippen LogP contribution in [0.1, 0.15) is 6.42 Å². The van der Waals surface area contributed by atoms with Crippen molar-refractivity contribution in [1.82, 2.24) is 8.87 Å². The summed E-state index contributed by atoms with van der Waals surface area (Å²) < 4.78 is 50.7. The lowest BCUT2D eigenvalue weighted by molar-refractivity contribution is -0.119. The van der Waals surface area contributed by atoms with Crippen molar-refractivity contribution in [2.75, 3.05) is 30.5 Å². The maximum absolute atomic E-state index is 13.2. The number of amides is 1. The number of carbonyl (C=O) groups excluding carboxylic acids is 1. The van der Waals surface area contributed by atoms with Crippen molar-refractivity contribution in [3.8, 4) is 0 Å². The van der Waals surface area contributed by atoms with E-state index in [4.69, 9.17) is 0 Å². The Morgan fingerprint density at radius 2 is 1.80 bits per heavy atom. The highest BCUT2D eigenvalue weighted by atomic mass is 32.2. The summed E-state index contributed by atoms with van der Waals surface area (Å²) >= 11 is 0. The second-order valence-corrected chi connectivity index (χ2v) is 11.7. The molecular formula is C19H23N3O6S2. The van der Waals surface area contributed by atoms with Crippen LogP contribution in [0.15, 0.2) is 58.4 Å². The van der Waals surface area contributed by atoms with E-state index in [1.165, 1.54) is 25.1 Å². The molecule has 1 aliphatic heterocycles. The van der Waals surface area contributed by atoms with Crippen molar-refractivity contribution in [3.63, 3.8) is 0 Å². The number of hydrogen-bond acceptors (Lipinski definition) is 6. The number of anilines is 1. The van der Waals surface area contributed by atoms with Crippen molar-refractivity contribution in [3.05, 3.63) is 59.0 Å². The predicted octanol–water partition coefficient (Wildman–Crippen LogP) is 0.319. The standard InChI is InChI=1S/C19H23N3O6S2/c1-20(2)30(27,28)17-8-9-18(23)21(12-17)13-19(24)22(15-6-4-3-5-7-15)16-10-11-29(25,26)14-16/h3-9,12,16H,10-11,13-14H2,1-2H3/t16-/m1/s1. The van der Waals surface area contributed by atoms with Gasteiger partial charge in [-0.3, -0.25) is 9.59 Å². The normalized spacial score (nSPS) is 18.4. The molecule has 162 valence electrons. The van der Waals surface area contributed by atoms with Crippen molar-refractivity contribution in [2.45, 2.75) is 23.9 Å². The molecule has 1 saturated heterocycles. The Morgan fingerprint density at radius 1 is 1.13 bits per heavy atom. The molecule has 0 unspecified atom stereocenters. The van der Waals surface area contributed by atoms with Crippen LogP contribution in [0, 0.1) is 0 Å². The topological polar surface area (TPSA) is 114 Å². The van der Waals surface area contributed by atoms with Crippen molar-refractivity contribution < 1.29 is 21.6 Å². The summed E-state index contributed by atoms with van der Waals surface area (Å²) in [6, 6.07) is 10.4. The highest BCUT2D eigenvalue weighted by molar-refractivity contribution is 7.91. The van der Waals surface area contributed by atoms with Crippen molar-refractivity contribution in [1.29, 1.82) is 0 Å². The van der Waals surface area contributed by atoms with Gasteiger partial charge in [-0.25, -0.2) is 21.1 Å². The molecule has 1 fully saturated rings. The van der Waals surface area contributed by atoms with Gasteiger partial charge < -0.3 is 9.47 Å². The van der Waals surface area contributed by atoms with Gasteiger partial charge in [0.1, 0.15) is 6.54 Å². The van der Waals surface area contributed by atoms with Crippen LogP contribution in [-0.4, -0.2) is 63.3 Å². The first-order valence-corrected chi connectivity index (χ1v) is 12.5. The lowest BCUT2D eigenvalue weighted by Gasteiger charge is -2.28. The minimum absolute atomic E-state index is 0.00913. The molecule has 0 radical (unpaired) electrons. The van der Waals surface area contributed by atoms with E-state index < -0.39 is 43.9 Å². The van der Waals surface area contributed by atoms with Gasteiger partial charge in [0.25, 0.3) is 5.56 Å². The molecule has 1 aromatic carbocycles. The summed E-state index contributed by atoms with van der Waals surface area (Å²) in [5, 5.41) is 0. The zero-order valence-electron chi connectivity index (χ0n) is 16.6. The van der Waals surface area contributed by atoms with Crippen LogP contribution in [0.4, 0.5) is 5.69 Å². The van der Waals surface area contributed by atoms with Gasteiger partial charge in [0, 0.05) is 32.0 Å². The minimum atomic E-state index is -3.79. The van der Waals surface area contributed by atoms with Crippen LogP contribution in [0.5, 0.6) is 0 Å². The van der Waals surface area contributed by atoms with E-state index in [1.807, 2.05) is 0 Å². The predicted molar refractivity (Wildman–Crippen MR) is 113 cm³/mol. The third-order valence-corrected chi connectivity index (χ3v) is 8.47. The summed E-state index contributed by atoms with van der Waals surface area (Å²) in [7, 11) is -4.29. The number of nitrogens with zero attached hydrogens (tertiary/aromatic N) is 3. The summed E-state index contributed by atoms with van der Waals surface area (Å²) in [6.45, 7) is -0.416. The Hall–Kier alpha value is -2.50. The Morgan fingerprint density at radius 3 is 2.37 bits per heavy atom. The molecule has 2 aromatic rings. The zero-order chi connectivity index (χ0) is 22.1. The molecule has 0 aliphatic carbocycles. The van der Waals surface area contributed by atoms with E-state index >= 15 is 0 Å². The molecule has 0 saturated carbocycles. The Balaban J connectivity index is 1.96. The first-order chi connectivity index (χ1) is 14.0. The molecule has 1 atom stereocenters. The molecule has 30 heavy (non-hydrogen) atoms. The zero-order valence-corrected chi connectivity index (χ0v) is 18.3. The van der Waals surface area contributed by atoms with E-state index in [0.29, 0.717) is 12.1 Å². The van der Waals surface area contributed by atoms with Gasteiger partial charge in [0.2, 0.25) is 15.9 Å². The fourth-order valence-corrected chi connectivity index (χ4v) is 5.97. The second kappa shape index (κ2) is 8.32. The number of para-hydroxylation sites is 1. The lowest BCUT2D eigenvalue weighted by Crippen LogP contribution is -2.44. The van der Waals surface area contributed by atoms with Crippen LogP contribution in [0.25, 0.3) is 0 Å². The number of hydrogen-bond donors (Lipinski definition) is 0. The Bertz CT molecular complexity index is 1200. The van der Waals surface area contributed by atoms with Crippen LogP contribution < -0.4 is 10.5 Å². The van der Waals surface area contributed by atoms with Gasteiger partial charge >= 0.3 is 0 Å². The number of pyridine rings is 1. The van der Waals surface area contributed by atoms with Gasteiger partial charge in [-0.15, -0.1) is 0 Å². The molecule has 0 N–H and O–H groups in total. The first-order valence-electron chi connectivity index (χ1n) is 9.22. The number of benzene rings is 1. The molecule has 0 bridgehead atoms. The van der Waals surface area contributed by atoms with E-state index in [2.05, 4.69) is 0 Å². The molecule has 0 spiro atoms. The Kier molecular flexibility index (Phi) is 6.16. The number of sulfone groups is 1. The molecule has 1 amide bonds. The van der Waals surface area contributed by atoms with E-state index in [-0.39, 0.29) is 16.4 Å². The fourth-order valence-electron chi connectivity index (χ4n) is 3.34. The molecular weight excluding hydrogens is 430 g/mol. The Labute approximate surface area is 175 Å². The van der Waals surface area contributed by atoms with E-state index in [0.717, 1.165) is 21.1 Å². The highest BCUT2D eigenvalue weighted by Crippen LogP contribution is 2.25. The number of rotatable bonds is 6. The summed E-state index contributed by atoms with van der Waals surface area (Å²) in [5.41, 5.74) is -0.0113. The number of carbonyl (C=O) groups is 1. The van der Waals surface area contributed by atoms with Gasteiger partial charge in [-0.2, -0.15) is 0 Å². The summed E-state index contributed by atoms with van der Waals surface area (Å²) in [5.74, 6) is -0.660. The third-order valence-electron chi connectivity index (χ3n) is 4.92. The van der Waals surface area contributed by atoms with Crippen molar-refractivity contribution >= 4 is 31.5 Å². The number of aromatic nitrogens is 1. The van der Waals surface area contributed by atoms with E-state index in [1.54, 1.807) is 30.3 Å². The second-order valence-electron chi connectivity index (χ2n) is 7.27. The molecule has 11 heteroatoms. The van der Waals surface area contributed by atoms with Crippen molar-refractivity contribution in [2.24, 2.45) is 0 Å². The molecule has 1 aromatic heterocycles. The quantitative estimate of drug-likeness (QED) is 0.622. The average molecular weight is 454 g/mol. The molecule has 1 aliphatic rings. The molecule has 9 nitrogen and oxygen atoms in total. The van der Waals surface area contributed by atoms with Crippen LogP contribution in [0.2, 0.25) is 0 Å². The van der Waals surface area contributed by atoms with Crippen LogP contribution in [0.3, 0.4) is 0 Å². The highest BCUT2D eigenvalue weighted by Gasteiger charge is 2.35. The fraction of sp³-hybridized carbons (Fsp3) is 0.368. The minimum Gasteiger partial charge on any atom is -0.307 e.